The van der Waals surface area contributed by atoms with Gasteiger partial charge in [0.2, 0.25) is 0 Å². The Morgan fingerprint density at radius 2 is 2.32 bits per heavy atom. The van der Waals surface area contributed by atoms with Gasteiger partial charge in [0.05, 0.1) is 17.9 Å². The molecule has 106 valence electrons. The molecule has 0 radical (unpaired) electrons. The first-order valence-corrected chi connectivity index (χ1v) is 7.16. The van der Waals surface area contributed by atoms with E-state index < -0.39 is 0 Å². The molecule has 1 aliphatic carbocycles. The average molecular weight is 266 g/mol. The standard InChI is InChI=1S/C14H22N2O3/c1-2-18-13-9-12(17)14(13)4-6-16(7-5-14)10-11-3-8-19-15-11/h3,8,12-13,17H,2,4-7,9-10H2,1H3. The number of hydrogen-bond donors (Lipinski definition) is 1. The van der Waals surface area contributed by atoms with E-state index in [-0.39, 0.29) is 17.6 Å². The number of aliphatic hydroxyl groups excluding tert-OH is 1. The van der Waals surface area contributed by atoms with E-state index in [0.29, 0.717) is 0 Å². The zero-order valence-electron chi connectivity index (χ0n) is 11.4. The van der Waals surface area contributed by atoms with Crippen molar-refractivity contribution >= 4 is 0 Å². The van der Waals surface area contributed by atoms with E-state index in [1.807, 2.05) is 13.0 Å². The van der Waals surface area contributed by atoms with Gasteiger partial charge in [0, 0.05) is 31.1 Å². The number of piperidine rings is 1. The largest absolute Gasteiger partial charge is 0.392 e. The summed E-state index contributed by atoms with van der Waals surface area (Å²) >= 11 is 0. The van der Waals surface area contributed by atoms with Gasteiger partial charge in [-0.25, -0.2) is 0 Å². The summed E-state index contributed by atoms with van der Waals surface area (Å²) in [5.41, 5.74) is 0.988. The smallest absolute Gasteiger partial charge is 0.124 e. The molecule has 1 N–H and O–H groups in total. The van der Waals surface area contributed by atoms with Crippen molar-refractivity contribution in [1.29, 1.82) is 0 Å². The fourth-order valence-electron chi connectivity index (χ4n) is 3.49. The first kappa shape index (κ1) is 13.1. The minimum absolute atomic E-state index is 0.0103. The first-order valence-electron chi connectivity index (χ1n) is 7.16. The Bertz CT molecular complexity index is 397. The lowest BCUT2D eigenvalue weighted by Crippen LogP contribution is -2.62. The first-order chi connectivity index (χ1) is 9.24. The predicted molar refractivity (Wildman–Crippen MR) is 69.5 cm³/mol. The molecule has 0 bridgehead atoms. The molecule has 2 heterocycles. The molecule has 2 fully saturated rings. The van der Waals surface area contributed by atoms with Crippen LogP contribution in [0.25, 0.3) is 0 Å². The molecular weight excluding hydrogens is 244 g/mol. The second kappa shape index (κ2) is 5.23. The monoisotopic (exact) mass is 266 g/mol. The molecule has 1 saturated heterocycles. The Balaban J connectivity index is 1.56. The van der Waals surface area contributed by atoms with E-state index in [2.05, 4.69) is 10.1 Å². The van der Waals surface area contributed by atoms with Gasteiger partial charge in [-0.3, -0.25) is 4.90 Å². The lowest BCUT2D eigenvalue weighted by molar-refractivity contribution is -0.210. The molecule has 0 amide bonds. The van der Waals surface area contributed by atoms with Gasteiger partial charge in [-0.05, 0) is 32.9 Å². The lowest BCUT2D eigenvalue weighted by Gasteiger charge is -2.56. The highest BCUT2D eigenvalue weighted by Crippen LogP contribution is 2.50. The molecule has 2 unspecified atom stereocenters. The number of aromatic nitrogens is 1. The Morgan fingerprint density at radius 3 is 2.89 bits per heavy atom. The molecule has 1 aromatic rings. The van der Waals surface area contributed by atoms with Crippen LogP contribution in [0.3, 0.4) is 0 Å². The maximum absolute atomic E-state index is 10.1. The van der Waals surface area contributed by atoms with Crippen LogP contribution in [0.15, 0.2) is 16.9 Å². The van der Waals surface area contributed by atoms with Crippen molar-refractivity contribution in [2.45, 2.75) is 44.9 Å². The fourth-order valence-corrected chi connectivity index (χ4v) is 3.49. The number of nitrogens with zero attached hydrogens (tertiary/aromatic N) is 2. The molecule has 19 heavy (non-hydrogen) atoms. The zero-order valence-corrected chi connectivity index (χ0v) is 11.4. The third kappa shape index (κ3) is 2.30. The SMILES string of the molecule is CCOC1CC(O)C12CCN(Cc1ccon1)CC2. The van der Waals surface area contributed by atoms with Crippen molar-refractivity contribution < 1.29 is 14.4 Å². The van der Waals surface area contributed by atoms with Crippen LogP contribution < -0.4 is 0 Å². The Kier molecular flexibility index (Phi) is 3.60. The van der Waals surface area contributed by atoms with Crippen molar-refractivity contribution in [2.24, 2.45) is 5.41 Å². The van der Waals surface area contributed by atoms with Crippen LogP contribution in [-0.4, -0.2) is 47.1 Å². The second-order valence-corrected chi connectivity index (χ2v) is 5.70. The van der Waals surface area contributed by atoms with Crippen LogP contribution in [0.4, 0.5) is 0 Å². The van der Waals surface area contributed by atoms with E-state index in [1.165, 1.54) is 0 Å². The third-order valence-corrected chi connectivity index (χ3v) is 4.77. The number of likely N-dealkylation sites (tertiary alicyclic amines) is 1. The molecule has 3 rings (SSSR count). The van der Waals surface area contributed by atoms with Gasteiger partial charge in [0.15, 0.2) is 0 Å². The van der Waals surface area contributed by atoms with Gasteiger partial charge >= 0.3 is 0 Å². The molecule has 5 nitrogen and oxygen atoms in total. The summed E-state index contributed by atoms with van der Waals surface area (Å²) in [5.74, 6) is 0. The molecule has 1 saturated carbocycles. The molecule has 0 aromatic carbocycles. The minimum Gasteiger partial charge on any atom is -0.392 e. The van der Waals surface area contributed by atoms with Crippen LogP contribution in [0, 0.1) is 5.41 Å². The van der Waals surface area contributed by atoms with E-state index >= 15 is 0 Å². The van der Waals surface area contributed by atoms with Crippen molar-refractivity contribution in [3.63, 3.8) is 0 Å². The van der Waals surface area contributed by atoms with Gasteiger partial charge in [-0.15, -0.1) is 0 Å². The predicted octanol–water partition coefficient (Wildman–Crippen LogP) is 1.43. The third-order valence-electron chi connectivity index (χ3n) is 4.77. The molecule has 1 spiro atoms. The molecule has 2 aliphatic rings. The molecule has 2 atom stereocenters. The van der Waals surface area contributed by atoms with Crippen molar-refractivity contribution in [2.75, 3.05) is 19.7 Å². The summed E-state index contributed by atoms with van der Waals surface area (Å²) in [6, 6.07) is 1.91. The quantitative estimate of drug-likeness (QED) is 0.893. The van der Waals surface area contributed by atoms with Crippen LogP contribution in [-0.2, 0) is 11.3 Å². The summed E-state index contributed by atoms with van der Waals surface area (Å²) in [6.45, 7) is 5.59. The van der Waals surface area contributed by atoms with Crippen LogP contribution in [0.2, 0.25) is 0 Å². The highest BCUT2D eigenvalue weighted by Gasteiger charge is 2.55. The summed E-state index contributed by atoms with van der Waals surface area (Å²) in [6.07, 6.45) is 4.51. The van der Waals surface area contributed by atoms with Gasteiger partial charge in [-0.2, -0.15) is 0 Å². The van der Waals surface area contributed by atoms with Gasteiger partial charge in [0.25, 0.3) is 0 Å². The lowest BCUT2D eigenvalue weighted by atomic mass is 9.58. The van der Waals surface area contributed by atoms with Crippen molar-refractivity contribution in [1.82, 2.24) is 10.1 Å². The summed E-state index contributed by atoms with van der Waals surface area (Å²) < 4.78 is 10.6. The highest BCUT2D eigenvalue weighted by molar-refractivity contribution is 5.07. The summed E-state index contributed by atoms with van der Waals surface area (Å²) in [7, 11) is 0. The Labute approximate surface area is 113 Å². The zero-order chi connectivity index (χ0) is 13.3. The van der Waals surface area contributed by atoms with Crippen molar-refractivity contribution in [3.05, 3.63) is 18.0 Å². The van der Waals surface area contributed by atoms with Crippen LogP contribution in [0.1, 0.15) is 31.9 Å². The number of ether oxygens (including phenoxy) is 1. The summed E-state index contributed by atoms with van der Waals surface area (Å²) in [4.78, 5) is 2.37. The maximum atomic E-state index is 10.1. The number of rotatable bonds is 4. The van der Waals surface area contributed by atoms with Gasteiger partial charge in [0.1, 0.15) is 6.26 Å². The van der Waals surface area contributed by atoms with E-state index in [9.17, 15) is 5.11 Å². The average Bonchev–Trinajstić information content (AvgIpc) is 2.92. The second-order valence-electron chi connectivity index (χ2n) is 5.70. The topological polar surface area (TPSA) is 58.7 Å². The molecule has 1 aliphatic heterocycles. The highest BCUT2D eigenvalue weighted by atomic mass is 16.5. The molecule has 1 aromatic heterocycles. The molecule has 5 heteroatoms. The van der Waals surface area contributed by atoms with E-state index in [4.69, 9.17) is 9.26 Å². The fraction of sp³-hybridized carbons (Fsp3) is 0.786. The van der Waals surface area contributed by atoms with Gasteiger partial charge < -0.3 is 14.4 Å². The maximum Gasteiger partial charge on any atom is 0.124 e. The minimum atomic E-state index is -0.182. The van der Waals surface area contributed by atoms with E-state index in [1.54, 1.807) is 6.26 Å². The Morgan fingerprint density at radius 1 is 1.53 bits per heavy atom. The van der Waals surface area contributed by atoms with Crippen molar-refractivity contribution in [3.8, 4) is 0 Å². The van der Waals surface area contributed by atoms with E-state index in [0.717, 1.165) is 51.2 Å². The van der Waals surface area contributed by atoms with Crippen LogP contribution in [0.5, 0.6) is 0 Å². The number of hydrogen-bond acceptors (Lipinski definition) is 5. The van der Waals surface area contributed by atoms with Crippen LogP contribution >= 0.6 is 0 Å². The summed E-state index contributed by atoms with van der Waals surface area (Å²) in [5, 5.41) is 14.1. The van der Waals surface area contributed by atoms with Gasteiger partial charge in [-0.1, -0.05) is 5.16 Å². The number of aliphatic hydroxyl groups is 1. The molecular formula is C14H22N2O3. The Hall–Kier alpha value is -0.910. The normalized spacial score (nSPS) is 30.4.